The molecule has 2 aliphatic rings. The second-order valence-electron chi connectivity index (χ2n) is 6.78. The number of anilines is 1. The Kier molecular flexibility index (Phi) is 3.99. The molecule has 0 radical (unpaired) electrons. The third kappa shape index (κ3) is 2.80. The molecular weight excluding hydrogens is 314 g/mol. The van der Waals surface area contributed by atoms with E-state index in [4.69, 9.17) is 0 Å². The lowest BCUT2D eigenvalue weighted by Crippen LogP contribution is -2.36. The molecule has 4 rings (SSSR count). The number of hydrogen-bond acceptors (Lipinski definition) is 3. The van der Waals surface area contributed by atoms with Gasteiger partial charge in [0.15, 0.2) is 0 Å². The third-order valence-corrected chi connectivity index (χ3v) is 5.31. The molecule has 0 aliphatic carbocycles. The number of pyridine rings is 1. The fourth-order valence-corrected chi connectivity index (χ4v) is 3.85. The average Bonchev–Trinajstić information content (AvgIpc) is 3.25. The van der Waals surface area contributed by atoms with Crippen LogP contribution in [0.25, 0.3) is 0 Å². The molecular formula is C20H21N3O2. The zero-order valence-electron chi connectivity index (χ0n) is 14.3. The number of carbonyl (C=O) groups excluding carboxylic acids is 2. The van der Waals surface area contributed by atoms with Crippen LogP contribution in [0.4, 0.5) is 5.69 Å². The Morgan fingerprint density at radius 3 is 2.84 bits per heavy atom. The molecule has 1 fully saturated rings. The van der Waals surface area contributed by atoms with Gasteiger partial charge in [0.25, 0.3) is 0 Å². The summed E-state index contributed by atoms with van der Waals surface area (Å²) in [6.45, 7) is 3.19. The molecule has 2 aliphatic heterocycles. The normalized spacial score (nSPS) is 20.7. The van der Waals surface area contributed by atoms with Crippen LogP contribution in [0.15, 0.2) is 48.8 Å². The topological polar surface area (TPSA) is 53.5 Å². The van der Waals surface area contributed by atoms with Crippen molar-refractivity contribution >= 4 is 17.5 Å². The van der Waals surface area contributed by atoms with Crippen LogP contribution in [0.2, 0.25) is 0 Å². The SMILES string of the molecule is C[C@@H](c1ccccc1)N1C[C@H](C(=O)N2CCc3ccncc32)CC1=O. The lowest BCUT2D eigenvalue weighted by Gasteiger charge is -2.26. The van der Waals surface area contributed by atoms with Crippen molar-refractivity contribution in [2.24, 2.45) is 5.92 Å². The van der Waals surface area contributed by atoms with Crippen molar-refractivity contribution in [2.45, 2.75) is 25.8 Å². The van der Waals surface area contributed by atoms with Crippen LogP contribution in [-0.4, -0.2) is 34.8 Å². The summed E-state index contributed by atoms with van der Waals surface area (Å²) >= 11 is 0. The fraction of sp³-hybridized carbons (Fsp3) is 0.350. The molecule has 0 saturated carbocycles. The van der Waals surface area contributed by atoms with Crippen molar-refractivity contribution < 1.29 is 9.59 Å². The van der Waals surface area contributed by atoms with Gasteiger partial charge in [0.1, 0.15) is 0 Å². The molecule has 0 unspecified atom stereocenters. The van der Waals surface area contributed by atoms with E-state index in [9.17, 15) is 9.59 Å². The van der Waals surface area contributed by atoms with Crippen molar-refractivity contribution in [1.29, 1.82) is 0 Å². The maximum atomic E-state index is 13.0. The molecule has 5 heteroatoms. The van der Waals surface area contributed by atoms with Gasteiger partial charge >= 0.3 is 0 Å². The lowest BCUT2D eigenvalue weighted by molar-refractivity contribution is -0.130. The molecule has 3 heterocycles. The molecule has 2 atom stereocenters. The molecule has 1 saturated heterocycles. The molecule has 1 aromatic heterocycles. The van der Waals surface area contributed by atoms with Crippen LogP contribution in [0.1, 0.15) is 30.5 Å². The van der Waals surface area contributed by atoms with E-state index in [-0.39, 0.29) is 23.8 Å². The Labute approximate surface area is 147 Å². The molecule has 0 spiro atoms. The van der Waals surface area contributed by atoms with Gasteiger partial charge in [0.05, 0.1) is 23.8 Å². The molecule has 1 aromatic carbocycles. The van der Waals surface area contributed by atoms with E-state index in [1.807, 2.05) is 48.2 Å². The van der Waals surface area contributed by atoms with Crippen LogP contribution < -0.4 is 4.90 Å². The zero-order valence-corrected chi connectivity index (χ0v) is 14.3. The summed E-state index contributed by atoms with van der Waals surface area (Å²) in [5, 5.41) is 0. The number of fused-ring (bicyclic) bond motifs is 1. The first-order chi connectivity index (χ1) is 12.1. The number of aromatic nitrogens is 1. The van der Waals surface area contributed by atoms with E-state index in [1.165, 1.54) is 0 Å². The quantitative estimate of drug-likeness (QED) is 0.866. The number of hydrogen-bond donors (Lipinski definition) is 0. The molecule has 128 valence electrons. The maximum absolute atomic E-state index is 13.0. The monoisotopic (exact) mass is 335 g/mol. The minimum Gasteiger partial charge on any atom is -0.335 e. The first-order valence-electron chi connectivity index (χ1n) is 8.74. The summed E-state index contributed by atoms with van der Waals surface area (Å²) in [5.41, 5.74) is 3.15. The van der Waals surface area contributed by atoms with E-state index >= 15 is 0 Å². The summed E-state index contributed by atoms with van der Waals surface area (Å²) in [6.07, 6.45) is 4.66. The summed E-state index contributed by atoms with van der Waals surface area (Å²) < 4.78 is 0. The van der Waals surface area contributed by atoms with Gasteiger partial charge in [-0.2, -0.15) is 0 Å². The summed E-state index contributed by atoms with van der Waals surface area (Å²) in [7, 11) is 0. The molecule has 2 aromatic rings. The van der Waals surface area contributed by atoms with Crippen molar-refractivity contribution in [1.82, 2.24) is 9.88 Å². The van der Waals surface area contributed by atoms with Crippen LogP contribution in [0.5, 0.6) is 0 Å². The summed E-state index contributed by atoms with van der Waals surface area (Å²) in [6, 6.07) is 11.9. The highest BCUT2D eigenvalue weighted by molar-refractivity contribution is 6.00. The van der Waals surface area contributed by atoms with Gasteiger partial charge in [-0.15, -0.1) is 0 Å². The lowest BCUT2D eigenvalue weighted by atomic mass is 10.1. The zero-order chi connectivity index (χ0) is 17.4. The molecule has 0 bridgehead atoms. The van der Waals surface area contributed by atoms with Gasteiger partial charge in [-0.1, -0.05) is 30.3 Å². The third-order valence-electron chi connectivity index (χ3n) is 5.31. The van der Waals surface area contributed by atoms with Crippen molar-refractivity contribution in [2.75, 3.05) is 18.0 Å². The Balaban J connectivity index is 1.50. The Morgan fingerprint density at radius 2 is 2.04 bits per heavy atom. The van der Waals surface area contributed by atoms with Gasteiger partial charge in [-0.05, 0) is 30.5 Å². The number of benzene rings is 1. The Hall–Kier alpha value is -2.69. The van der Waals surface area contributed by atoms with E-state index in [2.05, 4.69) is 4.98 Å². The minimum absolute atomic E-state index is 0.0148. The maximum Gasteiger partial charge on any atom is 0.232 e. The molecule has 0 N–H and O–H groups in total. The smallest absolute Gasteiger partial charge is 0.232 e. The van der Waals surface area contributed by atoms with Crippen molar-refractivity contribution in [3.05, 3.63) is 59.9 Å². The predicted molar refractivity (Wildman–Crippen MR) is 95.0 cm³/mol. The average molecular weight is 335 g/mol. The Bertz CT molecular complexity index is 806. The number of rotatable bonds is 3. The van der Waals surface area contributed by atoms with Gasteiger partial charge in [-0.3, -0.25) is 14.6 Å². The summed E-state index contributed by atoms with van der Waals surface area (Å²) in [5.74, 6) is -0.173. The van der Waals surface area contributed by atoms with Crippen LogP contribution in [0, 0.1) is 5.92 Å². The van der Waals surface area contributed by atoms with Crippen molar-refractivity contribution in [3.63, 3.8) is 0 Å². The highest BCUT2D eigenvalue weighted by atomic mass is 16.2. The fourth-order valence-electron chi connectivity index (χ4n) is 3.85. The molecule has 2 amide bonds. The number of amides is 2. The van der Waals surface area contributed by atoms with Crippen LogP contribution >= 0.6 is 0 Å². The minimum atomic E-state index is -0.273. The molecule has 5 nitrogen and oxygen atoms in total. The van der Waals surface area contributed by atoms with Gasteiger partial charge in [0.2, 0.25) is 11.8 Å². The summed E-state index contributed by atoms with van der Waals surface area (Å²) in [4.78, 5) is 33.3. The van der Waals surface area contributed by atoms with E-state index in [0.717, 1.165) is 23.2 Å². The highest BCUT2D eigenvalue weighted by Gasteiger charge is 2.40. The Morgan fingerprint density at radius 1 is 1.24 bits per heavy atom. The van der Waals surface area contributed by atoms with Crippen LogP contribution in [-0.2, 0) is 16.0 Å². The van der Waals surface area contributed by atoms with E-state index in [1.54, 1.807) is 17.3 Å². The highest BCUT2D eigenvalue weighted by Crippen LogP contribution is 2.33. The second kappa shape index (κ2) is 6.31. The predicted octanol–water partition coefficient (Wildman–Crippen LogP) is 2.58. The standard InChI is InChI=1S/C20H21N3O2/c1-14(15-5-3-2-4-6-15)23-13-17(11-19(23)24)20(25)22-10-8-16-7-9-21-12-18(16)22/h2-7,9,12,14,17H,8,10-11,13H2,1H3/t14-,17+/m0/s1. The first-order valence-corrected chi connectivity index (χ1v) is 8.74. The van der Waals surface area contributed by atoms with Gasteiger partial charge < -0.3 is 9.80 Å². The van der Waals surface area contributed by atoms with E-state index < -0.39 is 0 Å². The number of likely N-dealkylation sites (tertiary alicyclic amines) is 1. The van der Waals surface area contributed by atoms with Gasteiger partial charge in [-0.25, -0.2) is 0 Å². The van der Waals surface area contributed by atoms with Gasteiger partial charge in [0, 0.05) is 25.7 Å². The molecule has 25 heavy (non-hydrogen) atoms. The largest absolute Gasteiger partial charge is 0.335 e. The van der Waals surface area contributed by atoms with Crippen molar-refractivity contribution in [3.8, 4) is 0 Å². The number of nitrogens with zero attached hydrogens (tertiary/aromatic N) is 3. The van der Waals surface area contributed by atoms with E-state index in [0.29, 0.717) is 19.5 Å². The second-order valence-corrected chi connectivity index (χ2v) is 6.78. The van der Waals surface area contributed by atoms with Crippen LogP contribution in [0.3, 0.4) is 0 Å². The number of carbonyl (C=O) groups is 2. The first kappa shape index (κ1) is 15.8.